The van der Waals surface area contributed by atoms with Gasteiger partial charge in [0.05, 0.1) is 0 Å². The van der Waals surface area contributed by atoms with Gasteiger partial charge in [-0.3, -0.25) is 4.57 Å². The van der Waals surface area contributed by atoms with Gasteiger partial charge in [-0.15, -0.1) is 0 Å². The molecule has 3 N–H and O–H groups in total. The molecule has 0 spiro atoms. The molecule has 0 amide bonds. The second kappa shape index (κ2) is 7.26. The standard InChI is InChI=1S/C6H16NO2P/c7-5-3-1-2-4-6-10(8)9/h10H,1-7H2,(H,8,9). The molecule has 0 fully saturated rings. The van der Waals surface area contributed by atoms with Crippen molar-refractivity contribution in [3.63, 3.8) is 0 Å². The molecule has 0 rings (SSSR count). The molecule has 62 valence electrons. The topological polar surface area (TPSA) is 63.3 Å². The van der Waals surface area contributed by atoms with E-state index in [9.17, 15) is 4.57 Å². The van der Waals surface area contributed by atoms with E-state index in [-0.39, 0.29) is 0 Å². The molecule has 0 saturated carbocycles. The predicted molar refractivity (Wildman–Crippen MR) is 43.6 cm³/mol. The van der Waals surface area contributed by atoms with E-state index in [1.165, 1.54) is 0 Å². The van der Waals surface area contributed by atoms with Gasteiger partial charge in [0.25, 0.3) is 0 Å². The smallest absolute Gasteiger partial charge is 0.189 e. The molecular weight excluding hydrogens is 149 g/mol. The molecule has 4 heteroatoms. The van der Waals surface area contributed by atoms with Crippen molar-refractivity contribution in [2.24, 2.45) is 5.73 Å². The van der Waals surface area contributed by atoms with Gasteiger partial charge in [0.1, 0.15) is 0 Å². The average Bonchev–Trinajstić information content (AvgIpc) is 1.87. The Bertz CT molecular complexity index is 97.7. The Morgan fingerprint density at radius 3 is 2.30 bits per heavy atom. The van der Waals surface area contributed by atoms with Crippen LogP contribution in [0.2, 0.25) is 0 Å². The third-order valence-corrected chi connectivity index (χ3v) is 2.13. The molecule has 1 atom stereocenters. The summed E-state index contributed by atoms with van der Waals surface area (Å²) in [5.74, 6) is 0. The molecule has 10 heavy (non-hydrogen) atoms. The van der Waals surface area contributed by atoms with Crippen LogP contribution < -0.4 is 5.73 Å². The first-order chi connectivity index (χ1) is 4.77. The lowest BCUT2D eigenvalue weighted by Gasteiger charge is -1.96. The third kappa shape index (κ3) is 8.15. The summed E-state index contributed by atoms with van der Waals surface area (Å²) in [5, 5.41) is 0. The van der Waals surface area contributed by atoms with Gasteiger partial charge >= 0.3 is 0 Å². The van der Waals surface area contributed by atoms with Gasteiger partial charge in [0.2, 0.25) is 0 Å². The number of hydrogen-bond donors (Lipinski definition) is 2. The van der Waals surface area contributed by atoms with Crippen molar-refractivity contribution in [1.29, 1.82) is 0 Å². The number of unbranched alkanes of at least 4 members (excludes halogenated alkanes) is 3. The first-order valence-electron chi connectivity index (χ1n) is 3.69. The van der Waals surface area contributed by atoms with Crippen molar-refractivity contribution in [2.75, 3.05) is 12.7 Å². The maximum Gasteiger partial charge on any atom is 0.189 e. The molecule has 0 bridgehead atoms. The number of nitrogens with two attached hydrogens (primary N) is 1. The fourth-order valence-electron chi connectivity index (χ4n) is 0.774. The highest BCUT2D eigenvalue weighted by Crippen LogP contribution is 2.15. The van der Waals surface area contributed by atoms with Crippen LogP contribution in [0.5, 0.6) is 0 Å². The van der Waals surface area contributed by atoms with Crippen LogP contribution in [0.25, 0.3) is 0 Å². The molecule has 0 radical (unpaired) electrons. The molecule has 0 heterocycles. The van der Waals surface area contributed by atoms with E-state index >= 15 is 0 Å². The lowest BCUT2D eigenvalue weighted by molar-refractivity contribution is 0.499. The van der Waals surface area contributed by atoms with Crippen molar-refractivity contribution in [2.45, 2.75) is 25.7 Å². The minimum atomic E-state index is -2.20. The van der Waals surface area contributed by atoms with E-state index in [0.717, 1.165) is 32.2 Å². The van der Waals surface area contributed by atoms with E-state index in [1.807, 2.05) is 0 Å². The highest BCUT2D eigenvalue weighted by molar-refractivity contribution is 7.37. The highest BCUT2D eigenvalue weighted by atomic mass is 31.1. The van der Waals surface area contributed by atoms with E-state index in [0.29, 0.717) is 6.16 Å². The Morgan fingerprint density at radius 1 is 1.20 bits per heavy atom. The van der Waals surface area contributed by atoms with E-state index < -0.39 is 8.03 Å². The van der Waals surface area contributed by atoms with Gasteiger partial charge in [-0.2, -0.15) is 0 Å². The molecule has 0 aliphatic carbocycles. The largest absolute Gasteiger partial charge is 0.346 e. The molecule has 0 aliphatic heterocycles. The molecule has 3 nitrogen and oxygen atoms in total. The summed E-state index contributed by atoms with van der Waals surface area (Å²) in [4.78, 5) is 8.43. The second-order valence-electron chi connectivity index (χ2n) is 2.35. The summed E-state index contributed by atoms with van der Waals surface area (Å²) in [6, 6.07) is 0. The first-order valence-corrected chi connectivity index (χ1v) is 5.25. The van der Waals surface area contributed by atoms with Gasteiger partial charge in [-0.05, 0) is 19.4 Å². The minimum absolute atomic E-state index is 0.481. The summed E-state index contributed by atoms with van der Waals surface area (Å²) < 4.78 is 10.2. The number of hydrogen-bond acceptors (Lipinski definition) is 2. The molecule has 0 aliphatic rings. The van der Waals surface area contributed by atoms with Crippen LogP contribution in [-0.4, -0.2) is 17.6 Å². The van der Waals surface area contributed by atoms with Crippen molar-refractivity contribution < 1.29 is 9.46 Å². The van der Waals surface area contributed by atoms with Gasteiger partial charge in [-0.1, -0.05) is 12.8 Å². The summed E-state index contributed by atoms with van der Waals surface area (Å²) in [6.07, 6.45) is 4.51. The molecule has 0 aromatic heterocycles. The summed E-state index contributed by atoms with van der Waals surface area (Å²) in [7, 11) is -2.20. The normalized spacial score (nSPS) is 13.4. The van der Waals surface area contributed by atoms with Crippen molar-refractivity contribution in [3.8, 4) is 0 Å². The third-order valence-electron chi connectivity index (χ3n) is 1.34. The first kappa shape index (κ1) is 10.2. The van der Waals surface area contributed by atoms with Crippen LogP contribution in [0.3, 0.4) is 0 Å². The van der Waals surface area contributed by atoms with Crippen LogP contribution >= 0.6 is 8.03 Å². The summed E-state index contributed by atoms with van der Waals surface area (Å²) in [6.45, 7) is 0.730. The predicted octanol–water partition coefficient (Wildman–Crippen LogP) is 0.973. The highest BCUT2D eigenvalue weighted by Gasteiger charge is 1.92. The minimum Gasteiger partial charge on any atom is -0.346 e. The Kier molecular flexibility index (Phi) is 7.37. The molecule has 0 aromatic rings. The lowest BCUT2D eigenvalue weighted by Crippen LogP contribution is -1.97. The fraction of sp³-hybridized carbons (Fsp3) is 1.00. The zero-order valence-electron chi connectivity index (χ0n) is 6.18. The Labute approximate surface area is 62.5 Å². The van der Waals surface area contributed by atoms with E-state index in [1.54, 1.807) is 0 Å². The molecule has 1 unspecified atom stereocenters. The number of rotatable bonds is 6. The van der Waals surface area contributed by atoms with Gasteiger partial charge < -0.3 is 10.6 Å². The van der Waals surface area contributed by atoms with Gasteiger partial charge in [-0.25, -0.2) is 0 Å². The molecular formula is C6H16NO2P. The van der Waals surface area contributed by atoms with Crippen LogP contribution in [0.15, 0.2) is 0 Å². The van der Waals surface area contributed by atoms with E-state index in [2.05, 4.69) is 0 Å². The Morgan fingerprint density at radius 2 is 1.80 bits per heavy atom. The van der Waals surface area contributed by atoms with Gasteiger partial charge in [0.15, 0.2) is 8.03 Å². The molecule has 0 aromatic carbocycles. The quantitative estimate of drug-likeness (QED) is 0.455. The van der Waals surface area contributed by atoms with Crippen LogP contribution in [0.1, 0.15) is 25.7 Å². The zero-order chi connectivity index (χ0) is 7.82. The fourth-order valence-corrected chi connectivity index (χ4v) is 1.33. The SMILES string of the molecule is NCCCCCC[PH](=O)O. The van der Waals surface area contributed by atoms with Crippen LogP contribution in [-0.2, 0) is 4.57 Å². The van der Waals surface area contributed by atoms with Crippen molar-refractivity contribution in [3.05, 3.63) is 0 Å². The molecule has 0 saturated heterocycles. The van der Waals surface area contributed by atoms with Crippen molar-refractivity contribution >= 4 is 8.03 Å². The maximum atomic E-state index is 10.2. The van der Waals surface area contributed by atoms with Gasteiger partial charge in [0, 0.05) is 6.16 Å². The van der Waals surface area contributed by atoms with Crippen LogP contribution in [0, 0.1) is 0 Å². The van der Waals surface area contributed by atoms with E-state index in [4.69, 9.17) is 10.6 Å². The zero-order valence-corrected chi connectivity index (χ0v) is 7.18. The maximum absolute atomic E-state index is 10.2. The monoisotopic (exact) mass is 165 g/mol. The summed E-state index contributed by atoms with van der Waals surface area (Å²) >= 11 is 0. The Hall–Kier alpha value is 0.150. The summed E-state index contributed by atoms with van der Waals surface area (Å²) in [5.41, 5.74) is 5.27. The van der Waals surface area contributed by atoms with Crippen molar-refractivity contribution in [1.82, 2.24) is 0 Å². The lowest BCUT2D eigenvalue weighted by atomic mass is 10.2. The second-order valence-corrected chi connectivity index (χ2v) is 3.63. The Balaban J connectivity index is 2.84. The average molecular weight is 165 g/mol. The van der Waals surface area contributed by atoms with Crippen LogP contribution in [0.4, 0.5) is 0 Å².